The van der Waals surface area contributed by atoms with E-state index < -0.39 is 21.7 Å². The predicted molar refractivity (Wildman–Crippen MR) is 108 cm³/mol. The first-order chi connectivity index (χ1) is 13.7. The van der Waals surface area contributed by atoms with E-state index in [1.165, 1.54) is 36.4 Å². The minimum Gasteiger partial charge on any atom is -0.456 e. The highest BCUT2D eigenvalue weighted by Crippen LogP contribution is 2.31. The summed E-state index contributed by atoms with van der Waals surface area (Å²) >= 11 is 5.82. The maximum Gasteiger partial charge on any atom is 0.241 e. The zero-order chi connectivity index (χ0) is 21.0. The fourth-order valence-corrected chi connectivity index (χ4v) is 3.35. The van der Waals surface area contributed by atoms with E-state index in [2.05, 4.69) is 5.32 Å². The molecule has 0 fully saturated rings. The summed E-state index contributed by atoms with van der Waals surface area (Å²) in [5, 5.41) is 8.31. The first-order valence-corrected chi connectivity index (χ1v) is 10.3. The lowest BCUT2D eigenvalue weighted by molar-refractivity contribution is -0.115. The molecule has 0 saturated carbocycles. The summed E-state index contributed by atoms with van der Waals surface area (Å²) in [5.41, 5.74) is 0.401. The Bertz CT molecular complexity index is 1150. The van der Waals surface area contributed by atoms with Gasteiger partial charge in [0.05, 0.1) is 6.42 Å². The van der Waals surface area contributed by atoms with E-state index in [9.17, 15) is 17.6 Å². The Hall–Kier alpha value is -2.94. The second-order valence-corrected chi connectivity index (χ2v) is 8.05. The number of nitrogens with two attached hydrogens (primary N) is 1. The number of hydrogen-bond donors (Lipinski definition) is 2. The van der Waals surface area contributed by atoms with Gasteiger partial charge in [0.15, 0.2) is 0 Å². The van der Waals surface area contributed by atoms with Gasteiger partial charge in [0.25, 0.3) is 0 Å². The van der Waals surface area contributed by atoms with Crippen molar-refractivity contribution in [1.29, 1.82) is 0 Å². The van der Waals surface area contributed by atoms with Crippen LogP contribution in [-0.2, 0) is 21.2 Å². The van der Waals surface area contributed by atoms with E-state index in [-0.39, 0.29) is 28.3 Å². The van der Waals surface area contributed by atoms with E-state index in [1.807, 2.05) is 0 Å². The van der Waals surface area contributed by atoms with Gasteiger partial charge in [-0.05, 0) is 54.1 Å². The highest BCUT2D eigenvalue weighted by Gasteiger charge is 2.18. The highest BCUT2D eigenvalue weighted by molar-refractivity contribution is 7.89. The fraction of sp³-hybridized carbons (Fsp3) is 0.0500. The molecule has 150 valence electrons. The number of anilines is 1. The van der Waals surface area contributed by atoms with Crippen LogP contribution >= 0.6 is 11.6 Å². The maximum atomic E-state index is 13.7. The molecule has 0 aliphatic heterocycles. The molecular formula is C20H16ClFN2O4S. The van der Waals surface area contributed by atoms with E-state index in [0.29, 0.717) is 10.8 Å². The van der Waals surface area contributed by atoms with E-state index >= 15 is 0 Å². The largest absolute Gasteiger partial charge is 0.456 e. The monoisotopic (exact) mass is 434 g/mol. The Balaban J connectivity index is 1.83. The van der Waals surface area contributed by atoms with Crippen molar-refractivity contribution in [2.45, 2.75) is 11.3 Å². The van der Waals surface area contributed by atoms with Crippen LogP contribution in [0.4, 0.5) is 10.1 Å². The smallest absolute Gasteiger partial charge is 0.241 e. The van der Waals surface area contributed by atoms with Crippen LogP contribution in [-0.4, -0.2) is 14.3 Å². The van der Waals surface area contributed by atoms with Gasteiger partial charge in [-0.25, -0.2) is 17.9 Å². The summed E-state index contributed by atoms with van der Waals surface area (Å²) in [4.78, 5) is 11.9. The number of amides is 1. The summed E-state index contributed by atoms with van der Waals surface area (Å²) in [6.45, 7) is 0. The van der Waals surface area contributed by atoms with Crippen molar-refractivity contribution >= 4 is 33.2 Å². The van der Waals surface area contributed by atoms with E-state index in [1.54, 1.807) is 30.3 Å². The molecule has 0 radical (unpaired) electrons. The number of carbonyl (C=O) groups excluding carboxylic acids is 1. The molecule has 29 heavy (non-hydrogen) atoms. The van der Waals surface area contributed by atoms with Gasteiger partial charge >= 0.3 is 0 Å². The molecule has 3 aromatic carbocycles. The van der Waals surface area contributed by atoms with Crippen molar-refractivity contribution in [3.63, 3.8) is 0 Å². The molecule has 3 rings (SSSR count). The second kappa shape index (κ2) is 8.60. The number of sulfonamides is 1. The summed E-state index contributed by atoms with van der Waals surface area (Å²) < 4.78 is 43.2. The van der Waals surface area contributed by atoms with Crippen LogP contribution in [0, 0.1) is 5.82 Å². The predicted octanol–water partition coefficient (Wildman–Crippen LogP) is 4.10. The van der Waals surface area contributed by atoms with Crippen molar-refractivity contribution in [3.05, 3.63) is 83.1 Å². The maximum absolute atomic E-state index is 13.7. The topological polar surface area (TPSA) is 98.5 Å². The number of halogens is 2. The number of carbonyl (C=O) groups is 1. The van der Waals surface area contributed by atoms with Crippen LogP contribution in [0.1, 0.15) is 5.56 Å². The van der Waals surface area contributed by atoms with E-state index in [4.69, 9.17) is 21.5 Å². The van der Waals surface area contributed by atoms with Crippen LogP contribution in [0.25, 0.3) is 0 Å². The summed E-state index contributed by atoms with van der Waals surface area (Å²) in [6.07, 6.45) is -0.208. The van der Waals surface area contributed by atoms with Crippen molar-refractivity contribution in [3.8, 4) is 11.5 Å². The van der Waals surface area contributed by atoms with Crippen LogP contribution < -0.4 is 15.2 Å². The van der Waals surface area contributed by atoms with Gasteiger partial charge < -0.3 is 10.1 Å². The lowest BCUT2D eigenvalue weighted by Crippen LogP contribution is -2.17. The molecule has 0 spiro atoms. The minimum atomic E-state index is -4.15. The number of primary sulfonamides is 1. The molecule has 0 aliphatic carbocycles. The van der Waals surface area contributed by atoms with Crippen LogP contribution in [0.3, 0.4) is 0 Å². The standard InChI is InChI=1S/C20H16ClFN2O4S/c21-14-5-8-16(9-6-14)28-18-10-7-15(12-19(18)29(23,26)27)24-20(25)11-13-3-1-2-4-17(13)22/h1-10,12H,11H2,(H,24,25)(H2,23,26,27). The average molecular weight is 435 g/mol. The average Bonchev–Trinajstić information content (AvgIpc) is 2.66. The van der Waals surface area contributed by atoms with Crippen LogP contribution in [0.15, 0.2) is 71.6 Å². The Kier molecular flexibility index (Phi) is 6.17. The number of nitrogens with one attached hydrogen (secondary N) is 1. The summed E-state index contributed by atoms with van der Waals surface area (Å²) in [6, 6.07) is 16.2. The quantitative estimate of drug-likeness (QED) is 0.610. The van der Waals surface area contributed by atoms with Gasteiger partial charge in [-0.2, -0.15) is 0 Å². The minimum absolute atomic E-state index is 0.0121. The normalized spacial score (nSPS) is 11.1. The molecule has 0 atom stereocenters. The summed E-state index contributed by atoms with van der Waals surface area (Å²) in [5.74, 6) is -0.668. The zero-order valence-corrected chi connectivity index (χ0v) is 16.5. The van der Waals surface area contributed by atoms with Gasteiger partial charge in [-0.1, -0.05) is 29.8 Å². The fourth-order valence-electron chi connectivity index (χ4n) is 2.54. The molecule has 0 saturated heterocycles. The van der Waals surface area contributed by atoms with Crippen molar-refractivity contribution < 1.29 is 22.3 Å². The molecule has 0 heterocycles. The molecule has 9 heteroatoms. The lowest BCUT2D eigenvalue weighted by atomic mass is 10.1. The first kappa shape index (κ1) is 20.8. The Morgan fingerprint density at radius 3 is 2.41 bits per heavy atom. The third kappa shape index (κ3) is 5.54. The molecule has 0 unspecified atom stereocenters. The molecule has 3 aromatic rings. The van der Waals surface area contributed by atoms with Gasteiger partial charge in [0.1, 0.15) is 22.2 Å². The molecule has 3 N–H and O–H groups in total. The Morgan fingerprint density at radius 1 is 1.07 bits per heavy atom. The van der Waals surface area contributed by atoms with Gasteiger partial charge in [0, 0.05) is 10.7 Å². The Labute approximate surface area is 172 Å². The van der Waals surface area contributed by atoms with Gasteiger partial charge in [-0.3, -0.25) is 4.79 Å². The third-order valence-corrected chi connectivity index (χ3v) is 5.07. The lowest BCUT2D eigenvalue weighted by Gasteiger charge is -2.12. The van der Waals surface area contributed by atoms with Crippen molar-refractivity contribution in [1.82, 2.24) is 0 Å². The number of ether oxygens (including phenoxy) is 1. The van der Waals surface area contributed by atoms with Gasteiger partial charge in [-0.15, -0.1) is 0 Å². The Morgan fingerprint density at radius 2 is 1.76 bits per heavy atom. The van der Waals surface area contributed by atoms with E-state index in [0.717, 1.165) is 0 Å². The van der Waals surface area contributed by atoms with Gasteiger partial charge in [0.2, 0.25) is 15.9 Å². The number of benzene rings is 3. The molecule has 0 aliphatic rings. The zero-order valence-electron chi connectivity index (χ0n) is 14.9. The third-order valence-electron chi connectivity index (χ3n) is 3.88. The summed E-state index contributed by atoms with van der Waals surface area (Å²) in [7, 11) is -4.15. The second-order valence-electron chi connectivity index (χ2n) is 6.08. The molecule has 1 amide bonds. The molecule has 0 aromatic heterocycles. The SMILES string of the molecule is NS(=O)(=O)c1cc(NC(=O)Cc2ccccc2F)ccc1Oc1ccc(Cl)cc1. The molecule has 0 bridgehead atoms. The molecule has 6 nitrogen and oxygen atoms in total. The van der Waals surface area contributed by atoms with Crippen molar-refractivity contribution in [2.24, 2.45) is 5.14 Å². The van der Waals surface area contributed by atoms with Crippen LogP contribution in [0.2, 0.25) is 5.02 Å². The number of rotatable bonds is 6. The first-order valence-electron chi connectivity index (χ1n) is 8.36. The van der Waals surface area contributed by atoms with Crippen LogP contribution in [0.5, 0.6) is 11.5 Å². The van der Waals surface area contributed by atoms with Crippen molar-refractivity contribution in [2.75, 3.05) is 5.32 Å². The highest BCUT2D eigenvalue weighted by atomic mass is 35.5. The molecular weight excluding hydrogens is 419 g/mol. The number of hydrogen-bond acceptors (Lipinski definition) is 4.